The molecule has 23 heavy (non-hydrogen) atoms. The van der Waals surface area contributed by atoms with E-state index < -0.39 is 5.37 Å². The molecule has 0 aromatic heterocycles. The highest BCUT2D eigenvalue weighted by Crippen LogP contribution is 2.33. The van der Waals surface area contributed by atoms with Crippen molar-refractivity contribution in [3.05, 3.63) is 59.2 Å². The van der Waals surface area contributed by atoms with Gasteiger partial charge in [0, 0.05) is 5.69 Å². The molecule has 1 aliphatic rings. The van der Waals surface area contributed by atoms with Gasteiger partial charge in [-0.3, -0.25) is 9.59 Å². The van der Waals surface area contributed by atoms with E-state index in [4.69, 9.17) is 0 Å². The van der Waals surface area contributed by atoms with E-state index in [9.17, 15) is 9.59 Å². The predicted molar refractivity (Wildman–Crippen MR) is 95.0 cm³/mol. The molecule has 0 radical (unpaired) electrons. The first kappa shape index (κ1) is 15.6. The highest BCUT2D eigenvalue weighted by atomic mass is 32.2. The number of imide groups is 1. The largest absolute Gasteiger partial charge is 0.365 e. The second kappa shape index (κ2) is 6.08. The van der Waals surface area contributed by atoms with Crippen LogP contribution in [0.25, 0.3) is 0 Å². The average molecular weight is 326 g/mol. The van der Waals surface area contributed by atoms with Crippen LogP contribution in [0.3, 0.4) is 0 Å². The van der Waals surface area contributed by atoms with Gasteiger partial charge in [-0.25, -0.2) is 4.90 Å². The van der Waals surface area contributed by atoms with Gasteiger partial charge < -0.3 is 5.32 Å². The average Bonchev–Trinajstić information content (AvgIpc) is 2.78. The minimum Gasteiger partial charge on any atom is -0.365 e. The van der Waals surface area contributed by atoms with Crippen LogP contribution < -0.4 is 10.2 Å². The van der Waals surface area contributed by atoms with Gasteiger partial charge in [-0.1, -0.05) is 35.4 Å². The maximum absolute atomic E-state index is 12.6. The zero-order valence-corrected chi connectivity index (χ0v) is 14.1. The second-order valence-electron chi connectivity index (χ2n) is 5.74. The summed E-state index contributed by atoms with van der Waals surface area (Å²) in [7, 11) is 0. The predicted octanol–water partition coefficient (Wildman–Crippen LogP) is 4.25. The smallest absolute Gasteiger partial charge is 0.295 e. The zero-order chi connectivity index (χ0) is 16.6. The number of amides is 2. The van der Waals surface area contributed by atoms with Crippen molar-refractivity contribution in [3.63, 3.8) is 0 Å². The fourth-order valence-electron chi connectivity index (χ4n) is 2.55. The van der Waals surface area contributed by atoms with E-state index in [1.807, 2.05) is 51.1 Å². The van der Waals surface area contributed by atoms with Crippen LogP contribution in [-0.4, -0.2) is 16.5 Å². The number of carbonyl (C=O) groups is 2. The Morgan fingerprint density at radius 1 is 0.957 bits per heavy atom. The molecule has 4 nitrogen and oxygen atoms in total. The van der Waals surface area contributed by atoms with Gasteiger partial charge in [0.05, 0.1) is 5.69 Å². The van der Waals surface area contributed by atoms with Gasteiger partial charge in [0.2, 0.25) is 0 Å². The summed E-state index contributed by atoms with van der Waals surface area (Å²) in [6.07, 6.45) is 0. The number of rotatable bonds is 3. The van der Waals surface area contributed by atoms with E-state index in [1.165, 1.54) is 4.90 Å². The van der Waals surface area contributed by atoms with E-state index in [0.29, 0.717) is 5.69 Å². The Morgan fingerprint density at radius 3 is 2.26 bits per heavy atom. The van der Waals surface area contributed by atoms with Crippen LogP contribution in [0, 0.1) is 20.8 Å². The molecule has 1 heterocycles. The zero-order valence-electron chi connectivity index (χ0n) is 13.3. The highest BCUT2D eigenvalue weighted by molar-refractivity contribution is 8.16. The molecule has 2 aromatic carbocycles. The van der Waals surface area contributed by atoms with Gasteiger partial charge in [0.25, 0.3) is 11.1 Å². The van der Waals surface area contributed by atoms with Crippen molar-refractivity contribution < 1.29 is 9.59 Å². The number of hydrogen-bond donors (Lipinski definition) is 1. The Balaban J connectivity index is 1.82. The molecule has 1 unspecified atom stereocenters. The maximum Gasteiger partial charge on any atom is 0.295 e. The fraction of sp³-hybridized carbons (Fsp3) is 0.222. The molecule has 0 saturated carbocycles. The van der Waals surface area contributed by atoms with Gasteiger partial charge in [0.15, 0.2) is 5.37 Å². The third-order valence-electron chi connectivity index (χ3n) is 3.81. The number of benzene rings is 2. The SMILES string of the molecule is Cc1ccc(N2C(=O)SC(Nc3ccc(C)cc3C)C2=O)cc1. The van der Waals surface area contributed by atoms with Crippen molar-refractivity contribution in [2.75, 3.05) is 10.2 Å². The summed E-state index contributed by atoms with van der Waals surface area (Å²) in [6, 6.07) is 13.4. The fourth-order valence-corrected chi connectivity index (χ4v) is 3.44. The lowest BCUT2D eigenvalue weighted by Gasteiger charge is -2.16. The highest BCUT2D eigenvalue weighted by Gasteiger charge is 2.40. The van der Waals surface area contributed by atoms with E-state index in [0.717, 1.165) is 34.1 Å². The third kappa shape index (κ3) is 3.10. The van der Waals surface area contributed by atoms with E-state index in [1.54, 1.807) is 12.1 Å². The molecule has 1 fully saturated rings. The van der Waals surface area contributed by atoms with Gasteiger partial charge in [-0.15, -0.1) is 0 Å². The first-order valence-electron chi connectivity index (χ1n) is 7.41. The second-order valence-corrected chi connectivity index (χ2v) is 6.79. The Hall–Kier alpha value is -2.27. The Morgan fingerprint density at radius 2 is 1.61 bits per heavy atom. The molecular weight excluding hydrogens is 308 g/mol. The van der Waals surface area contributed by atoms with Crippen LogP contribution in [0.4, 0.5) is 16.2 Å². The van der Waals surface area contributed by atoms with Crippen LogP contribution in [0.2, 0.25) is 0 Å². The molecule has 1 N–H and O–H groups in total. The molecule has 5 heteroatoms. The van der Waals surface area contributed by atoms with Crippen LogP contribution in [0.15, 0.2) is 42.5 Å². The van der Waals surface area contributed by atoms with Crippen LogP contribution >= 0.6 is 11.8 Å². The summed E-state index contributed by atoms with van der Waals surface area (Å²) in [6.45, 7) is 5.98. The summed E-state index contributed by atoms with van der Waals surface area (Å²) in [5.41, 5.74) is 4.80. The van der Waals surface area contributed by atoms with Gasteiger partial charge in [-0.2, -0.15) is 0 Å². The molecule has 2 amide bonds. The molecule has 1 saturated heterocycles. The molecule has 0 aliphatic carbocycles. The van der Waals surface area contributed by atoms with Crippen LogP contribution in [0.5, 0.6) is 0 Å². The topological polar surface area (TPSA) is 49.4 Å². The molecule has 3 rings (SSSR count). The molecular formula is C18H18N2O2S. The first-order valence-corrected chi connectivity index (χ1v) is 8.29. The lowest BCUT2D eigenvalue weighted by molar-refractivity contribution is -0.116. The van der Waals surface area contributed by atoms with E-state index in [2.05, 4.69) is 5.32 Å². The molecule has 118 valence electrons. The third-order valence-corrected chi connectivity index (χ3v) is 4.75. The van der Waals surface area contributed by atoms with Gasteiger partial charge >= 0.3 is 0 Å². The standard InChI is InChI=1S/C18H18N2O2S/c1-11-4-7-14(8-5-11)20-17(21)16(23-18(20)22)19-15-9-6-12(2)10-13(15)3/h4-10,16,19H,1-3H3. The Labute approximate surface area is 139 Å². The Kier molecular flexibility index (Phi) is 4.13. The summed E-state index contributed by atoms with van der Waals surface area (Å²) in [5, 5.41) is 2.34. The molecule has 1 aliphatic heterocycles. The van der Waals surface area contributed by atoms with Crippen LogP contribution in [-0.2, 0) is 4.79 Å². The molecule has 0 bridgehead atoms. The number of anilines is 2. The summed E-state index contributed by atoms with van der Waals surface area (Å²) >= 11 is 1.01. The quantitative estimate of drug-likeness (QED) is 0.916. The number of hydrogen-bond acceptors (Lipinski definition) is 4. The normalized spacial score (nSPS) is 17.7. The maximum atomic E-state index is 12.6. The lowest BCUT2D eigenvalue weighted by Crippen LogP contribution is -2.34. The summed E-state index contributed by atoms with van der Waals surface area (Å²) in [5.74, 6) is -0.233. The van der Waals surface area contributed by atoms with E-state index in [-0.39, 0.29) is 11.1 Å². The van der Waals surface area contributed by atoms with Crippen molar-refractivity contribution in [2.24, 2.45) is 0 Å². The summed E-state index contributed by atoms with van der Waals surface area (Å²) in [4.78, 5) is 26.1. The summed E-state index contributed by atoms with van der Waals surface area (Å²) < 4.78 is 0. The van der Waals surface area contributed by atoms with Gasteiger partial charge in [-0.05, 0) is 56.3 Å². The van der Waals surface area contributed by atoms with Crippen molar-refractivity contribution in [2.45, 2.75) is 26.1 Å². The number of thioether (sulfide) groups is 1. The monoisotopic (exact) mass is 326 g/mol. The number of nitrogens with one attached hydrogen (secondary N) is 1. The molecule has 2 aromatic rings. The minimum absolute atomic E-state index is 0.233. The Bertz CT molecular complexity index is 771. The molecule has 1 atom stereocenters. The molecule has 0 spiro atoms. The van der Waals surface area contributed by atoms with Crippen LogP contribution in [0.1, 0.15) is 16.7 Å². The van der Waals surface area contributed by atoms with Gasteiger partial charge in [0.1, 0.15) is 0 Å². The number of aryl methyl sites for hydroxylation is 3. The van der Waals surface area contributed by atoms with Crippen molar-refractivity contribution in [1.29, 1.82) is 0 Å². The van der Waals surface area contributed by atoms with Crippen molar-refractivity contribution in [3.8, 4) is 0 Å². The lowest BCUT2D eigenvalue weighted by atomic mass is 10.1. The minimum atomic E-state index is -0.592. The number of carbonyl (C=O) groups excluding carboxylic acids is 2. The van der Waals surface area contributed by atoms with Crippen molar-refractivity contribution >= 4 is 34.3 Å². The first-order chi connectivity index (χ1) is 11.0. The van der Waals surface area contributed by atoms with E-state index >= 15 is 0 Å². The van der Waals surface area contributed by atoms with Crippen molar-refractivity contribution in [1.82, 2.24) is 0 Å². The number of nitrogens with zero attached hydrogens (tertiary/aromatic N) is 1.